The lowest BCUT2D eigenvalue weighted by Crippen LogP contribution is -2.53. The Kier molecular flexibility index (Phi) is 5.52. The number of amides is 2. The summed E-state index contributed by atoms with van der Waals surface area (Å²) < 4.78 is 5.78. The van der Waals surface area contributed by atoms with Crippen molar-refractivity contribution in [3.8, 4) is 0 Å². The Labute approximate surface area is 198 Å². The molecule has 176 valence electrons. The van der Waals surface area contributed by atoms with Crippen molar-refractivity contribution in [2.75, 3.05) is 24.6 Å². The van der Waals surface area contributed by atoms with E-state index in [0.29, 0.717) is 36.4 Å². The quantitative estimate of drug-likeness (QED) is 0.419. The molecule has 3 aliphatic rings. The van der Waals surface area contributed by atoms with E-state index in [-0.39, 0.29) is 29.9 Å². The number of benzene rings is 2. The number of para-hydroxylation sites is 1. The first kappa shape index (κ1) is 22.3. The Morgan fingerprint density at radius 1 is 1.12 bits per heavy atom. The first-order chi connectivity index (χ1) is 16.4. The van der Waals surface area contributed by atoms with Crippen LogP contribution in [0.4, 0.5) is 5.69 Å². The van der Waals surface area contributed by atoms with E-state index in [1.54, 1.807) is 29.2 Å². The lowest BCUT2D eigenvalue weighted by atomic mass is 9.81. The molecule has 2 fully saturated rings. The average Bonchev–Trinajstić information content (AvgIpc) is 3.49. The Balaban J connectivity index is 1.79. The van der Waals surface area contributed by atoms with Crippen LogP contribution in [0.25, 0.3) is 5.76 Å². The Morgan fingerprint density at radius 2 is 1.85 bits per heavy atom. The monoisotopic (exact) mass is 460 g/mol. The number of aryl methyl sites for hydroxylation is 1. The van der Waals surface area contributed by atoms with Gasteiger partial charge in [0.2, 0.25) is 0 Å². The molecule has 0 aliphatic carbocycles. The molecule has 2 aromatic carbocycles. The summed E-state index contributed by atoms with van der Waals surface area (Å²) in [5.74, 6) is -2.36. The lowest BCUT2D eigenvalue weighted by Gasteiger charge is -2.35. The summed E-state index contributed by atoms with van der Waals surface area (Å²) in [6.07, 6.45) is 2.03. The van der Waals surface area contributed by atoms with E-state index in [0.717, 1.165) is 18.4 Å². The van der Waals surface area contributed by atoms with E-state index in [4.69, 9.17) is 4.74 Å². The van der Waals surface area contributed by atoms with Crippen molar-refractivity contribution < 1.29 is 24.2 Å². The van der Waals surface area contributed by atoms with Gasteiger partial charge in [-0.15, -0.1) is 0 Å². The number of fused-ring (bicyclic) bond motifs is 2. The predicted molar refractivity (Wildman–Crippen MR) is 127 cm³/mol. The largest absolute Gasteiger partial charge is 0.507 e. The van der Waals surface area contributed by atoms with Gasteiger partial charge in [0, 0.05) is 30.8 Å². The molecule has 1 spiro atoms. The normalized spacial score (nSPS) is 25.6. The van der Waals surface area contributed by atoms with Gasteiger partial charge in [-0.2, -0.15) is 0 Å². The van der Waals surface area contributed by atoms with Crippen molar-refractivity contribution in [2.24, 2.45) is 0 Å². The molecule has 2 saturated heterocycles. The molecule has 2 aromatic rings. The van der Waals surface area contributed by atoms with Gasteiger partial charge in [0.25, 0.3) is 17.6 Å². The summed E-state index contributed by atoms with van der Waals surface area (Å²) in [6.45, 7) is 5.01. The highest BCUT2D eigenvalue weighted by molar-refractivity contribution is 6.50. The fourth-order valence-corrected chi connectivity index (χ4v) is 5.41. The number of nitrogens with zero attached hydrogens (tertiary/aromatic N) is 2. The maximum absolute atomic E-state index is 14.2. The van der Waals surface area contributed by atoms with Crippen LogP contribution >= 0.6 is 0 Å². The van der Waals surface area contributed by atoms with Crippen LogP contribution in [0.5, 0.6) is 0 Å². The molecule has 1 N–H and O–H groups in total. The second-order valence-corrected chi connectivity index (χ2v) is 9.15. The van der Waals surface area contributed by atoms with Gasteiger partial charge < -0.3 is 19.6 Å². The van der Waals surface area contributed by atoms with Crippen LogP contribution in [0, 0.1) is 6.92 Å². The van der Waals surface area contributed by atoms with Crippen LogP contribution in [0.2, 0.25) is 0 Å². The third-order valence-electron chi connectivity index (χ3n) is 6.99. The molecule has 3 heterocycles. The van der Waals surface area contributed by atoms with Gasteiger partial charge in [-0.3, -0.25) is 14.4 Å². The molecule has 7 nitrogen and oxygen atoms in total. The molecule has 2 atom stereocenters. The van der Waals surface area contributed by atoms with E-state index >= 15 is 0 Å². The number of hydrogen-bond acceptors (Lipinski definition) is 5. The average molecular weight is 461 g/mol. The third-order valence-corrected chi connectivity index (χ3v) is 6.99. The Bertz CT molecular complexity index is 1200. The smallest absolute Gasteiger partial charge is 0.296 e. The second kappa shape index (κ2) is 8.40. The van der Waals surface area contributed by atoms with Crippen LogP contribution in [-0.4, -0.2) is 53.4 Å². The molecule has 3 aliphatic heterocycles. The Hall–Kier alpha value is -3.45. The highest BCUT2D eigenvalue weighted by Gasteiger charge is 2.67. The number of carbonyl (C=O) groups excluding carboxylic acids is 3. The van der Waals surface area contributed by atoms with Crippen LogP contribution in [0.15, 0.2) is 54.1 Å². The second-order valence-electron chi connectivity index (χ2n) is 9.15. The minimum absolute atomic E-state index is 0.106. The number of ketones is 1. The molecule has 0 bridgehead atoms. The van der Waals surface area contributed by atoms with Crippen molar-refractivity contribution in [3.05, 3.63) is 70.8 Å². The van der Waals surface area contributed by atoms with E-state index in [9.17, 15) is 19.5 Å². The van der Waals surface area contributed by atoms with Gasteiger partial charge in [0.05, 0.1) is 17.4 Å². The van der Waals surface area contributed by atoms with E-state index in [1.807, 2.05) is 38.1 Å². The molecular formula is C27H28N2O5. The van der Waals surface area contributed by atoms with Crippen molar-refractivity contribution in [1.82, 2.24) is 4.90 Å². The standard InChI is InChI=1S/C27H28N2O5/c1-3-14-28-21-9-5-4-8-20(21)27(26(28)33)22(23(30)18-12-10-17(2)11-13-18)24(31)25(32)29(27)16-19-7-6-15-34-19/h4-5,8-13,19,30H,3,6-7,14-16H2,1-2H3/t19-,27-/m0/s1. The van der Waals surface area contributed by atoms with Gasteiger partial charge in [-0.1, -0.05) is 55.0 Å². The topological polar surface area (TPSA) is 87.2 Å². The number of aliphatic hydroxyl groups is 1. The summed E-state index contributed by atoms with van der Waals surface area (Å²) in [4.78, 5) is 44.2. The van der Waals surface area contributed by atoms with Gasteiger partial charge in [-0.05, 0) is 32.3 Å². The van der Waals surface area contributed by atoms with Crippen molar-refractivity contribution in [2.45, 2.75) is 44.8 Å². The number of likely N-dealkylation sites (tertiary alicyclic amines) is 1. The highest BCUT2D eigenvalue weighted by atomic mass is 16.5. The number of carbonyl (C=O) groups is 3. The zero-order valence-electron chi connectivity index (χ0n) is 19.4. The molecule has 7 heteroatoms. The molecule has 0 saturated carbocycles. The zero-order chi connectivity index (χ0) is 24.0. The number of Topliss-reactive ketones (excluding diaryl/α,β-unsaturated/α-hetero) is 1. The summed E-state index contributed by atoms with van der Waals surface area (Å²) in [5.41, 5.74) is 0.680. The van der Waals surface area contributed by atoms with Gasteiger partial charge in [0.15, 0.2) is 5.54 Å². The van der Waals surface area contributed by atoms with Crippen LogP contribution < -0.4 is 4.90 Å². The predicted octanol–water partition coefficient (Wildman–Crippen LogP) is 3.51. The number of aliphatic hydroxyl groups excluding tert-OH is 1. The maximum Gasteiger partial charge on any atom is 0.296 e. The van der Waals surface area contributed by atoms with E-state index < -0.39 is 17.2 Å². The summed E-state index contributed by atoms with van der Waals surface area (Å²) in [5, 5.41) is 11.4. The Morgan fingerprint density at radius 3 is 2.53 bits per heavy atom. The zero-order valence-corrected chi connectivity index (χ0v) is 19.4. The minimum Gasteiger partial charge on any atom is -0.507 e. The van der Waals surface area contributed by atoms with Crippen molar-refractivity contribution in [3.63, 3.8) is 0 Å². The number of anilines is 1. The molecule has 0 radical (unpaired) electrons. The van der Waals surface area contributed by atoms with Crippen molar-refractivity contribution in [1.29, 1.82) is 0 Å². The molecule has 0 unspecified atom stereocenters. The SMILES string of the molecule is CCCN1C(=O)[C@@]2(C(=C(O)c3ccc(C)cc3)C(=O)C(=O)N2C[C@@H]2CCCO2)c2ccccc21. The van der Waals surface area contributed by atoms with Gasteiger partial charge >= 0.3 is 0 Å². The number of rotatable bonds is 5. The number of ether oxygens (including phenoxy) is 1. The van der Waals surface area contributed by atoms with Gasteiger partial charge in [-0.25, -0.2) is 0 Å². The molecule has 5 rings (SSSR count). The first-order valence-electron chi connectivity index (χ1n) is 11.8. The van der Waals surface area contributed by atoms with Crippen LogP contribution in [-0.2, 0) is 24.7 Å². The molecule has 2 amide bonds. The fraction of sp³-hybridized carbons (Fsp3) is 0.370. The minimum atomic E-state index is -1.72. The molecule has 0 aromatic heterocycles. The summed E-state index contributed by atoms with van der Waals surface area (Å²) in [6, 6.07) is 14.3. The molecule has 34 heavy (non-hydrogen) atoms. The van der Waals surface area contributed by atoms with Gasteiger partial charge in [0.1, 0.15) is 5.76 Å². The van der Waals surface area contributed by atoms with Crippen LogP contribution in [0.1, 0.15) is 42.9 Å². The fourth-order valence-electron chi connectivity index (χ4n) is 5.41. The first-order valence-corrected chi connectivity index (χ1v) is 11.8. The highest BCUT2D eigenvalue weighted by Crippen LogP contribution is 2.53. The van der Waals surface area contributed by atoms with Crippen molar-refractivity contribution >= 4 is 29.0 Å². The third kappa shape index (κ3) is 3.10. The van der Waals surface area contributed by atoms with E-state index in [2.05, 4.69) is 0 Å². The number of hydrogen-bond donors (Lipinski definition) is 1. The lowest BCUT2D eigenvalue weighted by molar-refractivity contribution is -0.145. The molecular weight excluding hydrogens is 432 g/mol. The van der Waals surface area contributed by atoms with E-state index in [1.165, 1.54) is 4.90 Å². The maximum atomic E-state index is 14.2. The summed E-state index contributed by atoms with van der Waals surface area (Å²) in [7, 11) is 0. The summed E-state index contributed by atoms with van der Waals surface area (Å²) >= 11 is 0. The van der Waals surface area contributed by atoms with Crippen LogP contribution in [0.3, 0.4) is 0 Å².